The van der Waals surface area contributed by atoms with Gasteiger partial charge in [-0.2, -0.15) is 0 Å². The molecule has 0 aliphatic carbocycles. The van der Waals surface area contributed by atoms with Crippen LogP contribution in [0.3, 0.4) is 0 Å². The van der Waals surface area contributed by atoms with Gasteiger partial charge in [-0.3, -0.25) is 14.5 Å². The maximum atomic E-state index is 12.8. The number of halogens is 1. The van der Waals surface area contributed by atoms with E-state index >= 15 is 0 Å². The molecule has 4 rings (SSSR count). The van der Waals surface area contributed by atoms with Crippen molar-refractivity contribution in [1.82, 2.24) is 9.80 Å². The number of hydrogen-bond acceptors (Lipinski definition) is 4. The number of thiophene rings is 1. The summed E-state index contributed by atoms with van der Waals surface area (Å²) < 4.78 is 1.16. The van der Waals surface area contributed by atoms with E-state index in [4.69, 9.17) is 0 Å². The second-order valence-electron chi connectivity index (χ2n) is 6.97. The van der Waals surface area contributed by atoms with Gasteiger partial charge in [-0.25, -0.2) is 0 Å². The Labute approximate surface area is 171 Å². The Morgan fingerprint density at radius 3 is 2.33 bits per heavy atom. The van der Waals surface area contributed by atoms with Crippen molar-refractivity contribution in [2.75, 3.05) is 37.6 Å². The smallest absolute Gasteiger partial charge is 0.253 e. The zero-order valence-corrected chi connectivity index (χ0v) is 17.5. The van der Waals surface area contributed by atoms with Crippen molar-refractivity contribution >= 4 is 44.8 Å². The average molecular weight is 448 g/mol. The molecule has 2 saturated heterocycles. The lowest BCUT2D eigenvalue weighted by molar-refractivity contribution is -0.117. The molecule has 0 radical (unpaired) electrons. The van der Waals surface area contributed by atoms with Gasteiger partial charge >= 0.3 is 0 Å². The number of hydrogen-bond donors (Lipinski definition) is 0. The van der Waals surface area contributed by atoms with E-state index in [1.165, 1.54) is 4.88 Å². The zero-order chi connectivity index (χ0) is 18.8. The molecule has 1 aromatic carbocycles. The Balaban J connectivity index is 1.33. The second kappa shape index (κ2) is 8.12. The first kappa shape index (κ1) is 18.7. The van der Waals surface area contributed by atoms with Crippen LogP contribution in [0.15, 0.2) is 40.2 Å². The van der Waals surface area contributed by atoms with Gasteiger partial charge in [-0.1, -0.05) is 0 Å². The Hall–Kier alpha value is -1.70. The fourth-order valence-electron chi connectivity index (χ4n) is 3.65. The average Bonchev–Trinajstić information content (AvgIpc) is 3.30. The van der Waals surface area contributed by atoms with Crippen LogP contribution in [0.5, 0.6) is 0 Å². The molecule has 2 aromatic rings. The summed E-state index contributed by atoms with van der Waals surface area (Å²) in [6, 6.07) is 11.7. The minimum absolute atomic E-state index is 0.0767. The summed E-state index contributed by atoms with van der Waals surface area (Å²) in [6.07, 6.45) is 1.53. The van der Waals surface area contributed by atoms with Gasteiger partial charge in [-0.05, 0) is 58.7 Å². The highest BCUT2D eigenvalue weighted by atomic mass is 79.9. The van der Waals surface area contributed by atoms with E-state index in [-0.39, 0.29) is 11.8 Å². The molecular formula is C20H22BrN3O2S. The van der Waals surface area contributed by atoms with Crippen LogP contribution >= 0.6 is 27.3 Å². The molecule has 1 aromatic heterocycles. The number of rotatable bonds is 4. The van der Waals surface area contributed by atoms with E-state index in [1.54, 1.807) is 16.2 Å². The van der Waals surface area contributed by atoms with Crippen molar-refractivity contribution < 1.29 is 9.59 Å². The fraction of sp³-hybridized carbons (Fsp3) is 0.400. The van der Waals surface area contributed by atoms with E-state index < -0.39 is 0 Å². The van der Waals surface area contributed by atoms with E-state index in [0.717, 1.165) is 55.2 Å². The normalized spacial score (nSPS) is 18.3. The highest BCUT2D eigenvalue weighted by Gasteiger charge is 2.24. The number of carbonyl (C=O) groups is 2. The number of nitrogens with zero attached hydrogens (tertiary/aromatic N) is 3. The van der Waals surface area contributed by atoms with Crippen molar-refractivity contribution in [3.8, 4) is 0 Å². The third-order valence-corrected chi connectivity index (χ3v) is 6.78. The molecular weight excluding hydrogens is 426 g/mol. The van der Waals surface area contributed by atoms with Crippen LogP contribution in [0.1, 0.15) is 28.1 Å². The molecule has 0 N–H and O–H groups in total. The van der Waals surface area contributed by atoms with E-state index in [1.807, 2.05) is 29.2 Å². The number of amides is 2. The molecule has 3 heterocycles. The second-order valence-corrected chi connectivity index (χ2v) is 9.52. The predicted octanol–water partition coefficient (Wildman–Crippen LogP) is 3.60. The van der Waals surface area contributed by atoms with Crippen LogP contribution in [-0.4, -0.2) is 54.3 Å². The molecule has 2 aliphatic rings. The Morgan fingerprint density at radius 2 is 1.74 bits per heavy atom. The zero-order valence-electron chi connectivity index (χ0n) is 15.1. The van der Waals surface area contributed by atoms with Crippen molar-refractivity contribution in [2.45, 2.75) is 19.4 Å². The van der Waals surface area contributed by atoms with Gasteiger partial charge in [0.1, 0.15) is 0 Å². The Bertz CT molecular complexity index is 828. The molecule has 0 atom stereocenters. The molecule has 5 nitrogen and oxygen atoms in total. The van der Waals surface area contributed by atoms with Gasteiger partial charge in [0, 0.05) is 61.8 Å². The van der Waals surface area contributed by atoms with E-state index in [2.05, 4.69) is 33.0 Å². The van der Waals surface area contributed by atoms with Gasteiger partial charge in [0.25, 0.3) is 5.91 Å². The highest BCUT2D eigenvalue weighted by Crippen LogP contribution is 2.24. The Morgan fingerprint density at radius 1 is 1.00 bits per heavy atom. The summed E-state index contributed by atoms with van der Waals surface area (Å²) in [6.45, 7) is 4.99. The first-order valence-electron chi connectivity index (χ1n) is 9.26. The lowest BCUT2D eigenvalue weighted by Crippen LogP contribution is -2.48. The first-order chi connectivity index (χ1) is 13.1. The van der Waals surface area contributed by atoms with Gasteiger partial charge in [0.2, 0.25) is 5.91 Å². The summed E-state index contributed by atoms with van der Waals surface area (Å²) in [5.41, 5.74) is 1.59. The van der Waals surface area contributed by atoms with Gasteiger partial charge < -0.3 is 9.80 Å². The Kier molecular flexibility index (Phi) is 5.61. The van der Waals surface area contributed by atoms with Gasteiger partial charge in [0.05, 0.1) is 3.79 Å². The van der Waals surface area contributed by atoms with E-state index in [0.29, 0.717) is 12.0 Å². The molecule has 0 bridgehead atoms. The maximum Gasteiger partial charge on any atom is 0.253 e. The minimum atomic E-state index is 0.0767. The molecule has 2 fully saturated rings. The van der Waals surface area contributed by atoms with Crippen LogP contribution in [0.2, 0.25) is 0 Å². The number of carbonyl (C=O) groups excluding carboxylic acids is 2. The SMILES string of the molecule is O=C(c1ccc(N2CCCC2=O)cc1)N1CCN(Cc2ccc(Br)s2)CC1. The van der Waals surface area contributed by atoms with Crippen molar-refractivity contribution in [3.63, 3.8) is 0 Å². The number of piperazine rings is 1. The molecule has 2 aliphatic heterocycles. The van der Waals surface area contributed by atoms with Crippen LogP contribution in [0.4, 0.5) is 5.69 Å². The minimum Gasteiger partial charge on any atom is -0.336 e. The highest BCUT2D eigenvalue weighted by molar-refractivity contribution is 9.11. The molecule has 0 saturated carbocycles. The topological polar surface area (TPSA) is 43.9 Å². The molecule has 2 amide bonds. The van der Waals surface area contributed by atoms with Crippen LogP contribution < -0.4 is 4.90 Å². The first-order valence-corrected chi connectivity index (χ1v) is 10.9. The summed E-state index contributed by atoms with van der Waals surface area (Å²) in [4.78, 5) is 32.1. The summed E-state index contributed by atoms with van der Waals surface area (Å²) in [5.74, 6) is 0.246. The molecule has 142 valence electrons. The molecule has 27 heavy (non-hydrogen) atoms. The van der Waals surface area contributed by atoms with E-state index in [9.17, 15) is 9.59 Å². The van der Waals surface area contributed by atoms with Gasteiger partial charge in [0.15, 0.2) is 0 Å². The summed E-state index contributed by atoms with van der Waals surface area (Å²) in [7, 11) is 0. The van der Waals surface area contributed by atoms with Crippen molar-refractivity contribution in [1.29, 1.82) is 0 Å². The lowest BCUT2D eigenvalue weighted by atomic mass is 10.1. The lowest BCUT2D eigenvalue weighted by Gasteiger charge is -2.34. The van der Waals surface area contributed by atoms with Crippen LogP contribution in [-0.2, 0) is 11.3 Å². The maximum absolute atomic E-state index is 12.8. The predicted molar refractivity (Wildman–Crippen MR) is 111 cm³/mol. The summed E-state index contributed by atoms with van der Waals surface area (Å²) >= 11 is 5.27. The van der Waals surface area contributed by atoms with Crippen LogP contribution in [0.25, 0.3) is 0 Å². The standard InChI is InChI=1S/C20H22BrN3O2S/c21-18-8-7-17(27-18)14-22-10-12-23(13-11-22)20(26)15-3-5-16(6-4-15)24-9-1-2-19(24)25/h3-8H,1-2,9-14H2. The largest absolute Gasteiger partial charge is 0.336 e. The third kappa shape index (κ3) is 4.25. The molecule has 0 unspecified atom stereocenters. The number of benzene rings is 1. The molecule has 7 heteroatoms. The third-order valence-electron chi connectivity index (χ3n) is 5.17. The van der Waals surface area contributed by atoms with Gasteiger partial charge in [-0.15, -0.1) is 11.3 Å². The monoisotopic (exact) mass is 447 g/mol. The summed E-state index contributed by atoms with van der Waals surface area (Å²) in [5, 5.41) is 0. The number of anilines is 1. The van der Waals surface area contributed by atoms with Crippen LogP contribution in [0, 0.1) is 0 Å². The quantitative estimate of drug-likeness (QED) is 0.718. The van der Waals surface area contributed by atoms with Crippen molar-refractivity contribution in [2.24, 2.45) is 0 Å². The fourth-order valence-corrected chi connectivity index (χ4v) is 5.18. The van der Waals surface area contributed by atoms with Crippen molar-refractivity contribution in [3.05, 3.63) is 50.6 Å². The molecule has 0 spiro atoms.